The van der Waals surface area contributed by atoms with Crippen molar-refractivity contribution in [2.45, 2.75) is 167 Å². The summed E-state index contributed by atoms with van der Waals surface area (Å²) in [5.74, 6) is -1.38. The van der Waals surface area contributed by atoms with Crippen LogP contribution in [0.2, 0.25) is 0 Å². The van der Waals surface area contributed by atoms with E-state index in [0.29, 0.717) is 0 Å². The van der Waals surface area contributed by atoms with Gasteiger partial charge in [-0.3, -0.25) is 9.59 Å². The molecule has 62 heavy (non-hydrogen) atoms. The molecule has 0 radical (unpaired) electrons. The van der Waals surface area contributed by atoms with Crippen molar-refractivity contribution < 1.29 is 124 Å². The van der Waals surface area contributed by atoms with Gasteiger partial charge in [0.2, 0.25) is 11.8 Å². The van der Waals surface area contributed by atoms with E-state index in [1.807, 2.05) is 0 Å². The Hall–Kier alpha value is -1.63. The van der Waals surface area contributed by atoms with Gasteiger partial charge in [-0.2, -0.15) is 0 Å². The Morgan fingerprint density at radius 2 is 1.10 bits per heavy atom. The standard InChI is InChI=1S/C34H62N2O25S/c1-10(41)35-17-22(48)27(14(7-39)56-32(17)60-28-15(8-40)58-34(62)18(23(28)49)36-11(2)42)61-33-26(52)29(59-31(54)25(51)20(46)13(44)4-6-38)21(47)16(57-33)9-55-30(53)24(50)19(45)12(43)3-5-37/h12-34,37-40,43-54,62H,3-9H2,1-2H3,(H,35,41)(H,36,42)/p+1. The molecule has 0 aromatic carbocycles. The number of carbonyl (C=O) groups excluding carboxylic acids is 2. The van der Waals surface area contributed by atoms with E-state index < -0.39 is 192 Å². The van der Waals surface area contributed by atoms with Gasteiger partial charge in [0, 0.05) is 27.1 Å². The van der Waals surface area contributed by atoms with Crippen LogP contribution in [0.4, 0.5) is 0 Å². The number of nitrogens with one attached hydrogen (secondary N) is 2. The van der Waals surface area contributed by atoms with Crippen molar-refractivity contribution in [3.05, 3.63) is 0 Å². The number of carbonyl (C=O) groups is 2. The first-order valence-corrected chi connectivity index (χ1v) is 20.0. The Morgan fingerprint density at radius 1 is 0.629 bits per heavy atom. The summed E-state index contributed by atoms with van der Waals surface area (Å²) in [6, 6.07) is -2.88. The fraction of sp³-hybridized carbons (Fsp3) is 0.941. The van der Waals surface area contributed by atoms with Crippen LogP contribution in [-0.2, 0) is 42.7 Å². The molecule has 3 saturated heterocycles. The average Bonchev–Trinajstić information content (AvgIpc) is 3.22. The number of aliphatic hydroxyl groups is 15. The lowest BCUT2D eigenvalue weighted by Gasteiger charge is -2.50. The lowest BCUT2D eigenvalue weighted by molar-refractivity contribution is -0.370. The monoisotopic (exact) mass is 931 g/mol. The van der Waals surface area contributed by atoms with E-state index in [9.17, 15) is 76.0 Å². The Morgan fingerprint density at radius 3 is 1.61 bits per heavy atom. The second-order valence-corrected chi connectivity index (χ2v) is 15.5. The third-order valence-electron chi connectivity index (χ3n) is 10.4. The molecule has 28 heteroatoms. The van der Waals surface area contributed by atoms with Crippen LogP contribution in [0.25, 0.3) is 0 Å². The Kier molecular flexibility index (Phi) is 22.3. The maximum Gasteiger partial charge on any atom is 0.293 e. The molecule has 3 heterocycles. The molecule has 0 saturated carbocycles. The summed E-state index contributed by atoms with van der Waals surface area (Å²) in [6.07, 6.45) is -39.8. The fourth-order valence-corrected chi connectivity index (χ4v) is 7.36. The summed E-state index contributed by atoms with van der Waals surface area (Å²) in [7, 11) is 0. The van der Waals surface area contributed by atoms with Gasteiger partial charge >= 0.3 is 0 Å². The smallest absolute Gasteiger partial charge is 0.293 e. The molecular formula is C34H63N2O25S+. The van der Waals surface area contributed by atoms with Crippen molar-refractivity contribution in [3.8, 4) is 0 Å². The summed E-state index contributed by atoms with van der Waals surface area (Å²) in [6.45, 7) is -1.74. The quantitative estimate of drug-likeness (QED) is 0.0257. The first-order chi connectivity index (χ1) is 29.1. The molecule has 0 bridgehead atoms. The molecular weight excluding hydrogens is 868 g/mol. The predicted octanol–water partition coefficient (Wildman–Crippen LogP) is -11.0. The van der Waals surface area contributed by atoms with Gasteiger partial charge in [0.05, 0.1) is 38.1 Å². The van der Waals surface area contributed by atoms with E-state index in [1.54, 1.807) is 0 Å². The van der Waals surface area contributed by atoms with Crippen LogP contribution in [-0.4, -0.2) is 267 Å². The molecule has 27 nitrogen and oxygen atoms in total. The number of hydrogen-bond donors (Lipinski definition) is 18. The van der Waals surface area contributed by atoms with Gasteiger partial charge in [-0.25, -0.2) is 0 Å². The number of amides is 2. The molecule has 23 atom stereocenters. The van der Waals surface area contributed by atoms with Crippen LogP contribution in [0, 0.1) is 0 Å². The minimum atomic E-state index is -2.51. The molecule has 0 aromatic rings. The normalized spacial score (nSPS) is 38.2. The Bertz CT molecular complexity index is 1350. The van der Waals surface area contributed by atoms with Crippen LogP contribution in [0.15, 0.2) is 0 Å². The van der Waals surface area contributed by atoms with Gasteiger partial charge in [0.15, 0.2) is 25.0 Å². The van der Waals surface area contributed by atoms with Crippen molar-refractivity contribution >= 4 is 24.4 Å². The Labute approximate surface area is 359 Å². The van der Waals surface area contributed by atoms with Crippen LogP contribution in [0.1, 0.15) is 26.7 Å². The third kappa shape index (κ3) is 13.9. The van der Waals surface area contributed by atoms with Crippen molar-refractivity contribution in [3.63, 3.8) is 0 Å². The molecule has 2 amide bonds. The molecule has 0 spiro atoms. The summed E-state index contributed by atoms with van der Waals surface area (Å²) in [4.78, 5) is 24.3. The first kappa shape index (κ1) is 54.7. The van der Waals surface area contributed by atoms with Crippen LogP contribution >= 0.6 is 12.6 Å². The van der Waals surface area contributed by atoms with Gasteiger partial charge in [0.1, 0.15) is 90.8 Å². The summed E-state index contributed by atoms with van der Waals surface area (Å²) in [5, 5.41) is 169. The molecule has 0 aliphatic carbocycles. The van der Waals surface area contributed by atoms with Crippen molar-refractivity contribution in [1.29, 1.82) is 0 Å². The molecule has 3 aliphatic rings. The van der Waals surface area contributed by atoms with E-state index in [-0.39, 0.29) is 6.42 Å². The molecule has 3 rings (SSSR count). The number of rotatable bonds is 23. The van der Waals surface area contributed by atoms with E-state index in [0.717, 1.165) is 13.8 Å². The zero-order valence-electron chi connectivity index (χ0n) is 33.6. The second kappa shape index (κ2) is 25.3. The lowest BCUT2D eigenvalue weighted by Crippen LogP contribution is -2.70. The van der Waals surface area contributed by atoms with Gasteiger partial charge in [-0.15, -0.1) is 12.6 Å². The highest BCUT2D eigenvalue weighted by molar-refractivity contribution is 7.80. The predicted molar refractivity (Wildman–Crippen MR) is 202 cm³/mol. The van der Waals surface area contributed by atoms with Crippen LogP contribution < -0.4 is 10.6 Å². The highest BCUT2D eigenvalue weighted by Crippen LogP contribution is 2.34. The van der Waals surface area contributed by atoms with Gasteiger partial charge in [-0.05, 0) is 12.8 Å². The molecule has 19 N–H and O–H groups in total. The minimum absolute atomic E-state index is 0.387. The third-order valence-corrected chi connectivity index (χ3v) is 10.8. The second-order valence-electron chi connectivity index (χ2n) is 15.0. The van der Waals surface area contributed by atoms with Crippen molar-refractivity contribution in [1.82, 2.24) is 10.6 Å². The Balaban J connectivity index is 1.94. The number of thiol groups is 1. The van der Waals surface area contributed by atoms with Gasteiger partial charge in [-0.1, -0.05) is 0 Å². The van der Waals surface area contributed by atoms with E-state index in [1.165, 1.54) is 0 Å². The summed E-state index contributed by atoms with van der Waals surface area (Å²) in [5.41, 5.74) is -1.14. The first-order valence-electron chi connectivity index (χ1n) is 19.5. The molecule has 3 fully saturated rings. The number of hydrogen-bond acceptors (Lipinski definition) is 25. The largest absolute Gasteiger partial charge is 0.419 e. The molecule has 23 unspecified atom stereocenters. The topological polar surface area (TPSA) is 449 Å². The van der Waals surface area contributed by atoms with Crippen LogP contribution in [0.3, 0.4) is 0 Å². The molecule has 0 aromatic heterocycles. The molecule has 364 valence electrons. The summed E-state index contributed by atoms with van der Waals surface area (Å²) >= 11 is 4.21. The maximum atomic E-state index is 12.4. The fourth-order valence-electron chi connectivity index (χ4n) is 6.95. The van der Waals surface area contributed by atoms with Crippen molar-refractivity contribution in [2.24, 2.45) is 0 Å². The molecule has 3 aliphatic heterocycles. The average molecular weight is 932 g/mol. The van der Waals surface area contributed by atoms with Gasteiger partial charge < -0.3 is 125 Å². The minimum Gasteiger partial charge on any atom is -0.419 e. The van der Waals surface area contributed by atoms with E-state index in [4.69, 9.17) is 48.5 Å². The SMILES string of the molecule is CC(=O)NC1C(S)OC(CO)C(OC2OC(CO)C(OC3OC(COC([OH2+])C(O)C(O)C(O)CCO)C(O)C(OC(O)C(O)C(O)C(O)CCO)C3O)C(O)C2NC(C)=O)C1O. The van der Waals surface area contributed by atoms with Crippen molar-refractivity contribution in [2.75, 3.05) is 33.0 Å². The van der Waals surface area contributed by atoms with Gasteiger partial charge in [0.25, 0.3) is 6.29 Å². The zero-order chi connectivity index (χ0) is 46.7. The number of aliphatic hydroxyl groups excluding tert-OH is 15. The number of ether oxygens (including phenoxy) is 7. The lowest BCUT2D eigenvalue weighted by atomic mass is 9.94. The highest BCUT2D eigenvalue weighted by atomic mass is 32.1. The van der Waals surface area contributed by atoms with E-state index in [2.05, 4.69) is 23.3 Å². The zero-order valence-corrected chi connectivity index (χ0v) is 34.5. The van der Waals surface area contributed by atoms with E-state index >= 15 is 0 Å². The highest BCUT2D eigenvalue weighted by Gasteiger charge is 2.55. The van der Waals surface area contributed by atoms with Crippen LogP contribution in [0.5, 0.6) is 0 Å². The summed E-state index contributed by atoms with van der Waals surface area (Å²) < 4.78 is 39.6. The maximum absolute atomic E-state index is 12.4.